The molecule has 0 saturated carbocycles. The molecule has 5 heteroatoms. The second kappa shape index (κ2) is 7.56. The average Bonchev–Trinajstić information content (AvgIpc) is 2.48. The molecule has 22 heavy (non-hydrogen) atoms. The van der Waals surface area contributed by atoms with Gasteiger partial charge in [-0.3, -0.25) is 4.79 Å². The third kappa shape index (κ3) is 4.86. The van der Waals surface area contributed by atoms with Crippen molar-refractivity contribution in [1.82, 2.24) is 5.32 Å². The van der Waals surface area contributed by atoms with Crippen LogP contribution < -0.4 is 16.4 Å². The largest absolute Gasteiger partial charge is 0.366 e. The number of nitrogens with two attached hydrogens (primary N) is 1. The number of nitrogens with one attached hydrogen (secondary N) is 2. The Morgan fingerprint density at radius 1 is 1.18 bits per heavy atom. The Morgan fingerprint density at radius 3 is 2.55 bits per heavy atom. The van der Waals surface area contributed by atoms with E-state index < -0.39 is 5.91 Å². The summed E-state index contributed by atoms with van der Waals surface area (Å²) >= 11 is 5.25. The van der Waals surface area contributed by atoms with E-state index in [0.29, 0.717) is 10.7 Å². The van der Waals surface area contributed by atoms with Crippen molar-refractivity contribution in [2.45, 2.75) is 13.3 Å². The van der Waals surface area contributed by atoms with E-state index in [9.17, 15) is 4.79 Å². The standard InChI is InChI=1S/C17H19N3OS/c1-12-3-2-4-13(11-12)9-10-19-17(22)20-15-7-5-14(6-8-15)16(18)21/h2-8,11H,9-10H2,1H3,(H2,18,21)(H2,19,20,22). The Labute approximate surface area is 135 Å². The monoisotopic (exact) mass is 313 g/mol. The highest BCUT2D eigenvalue weighted by Crippen LogP contribution is 2.09. The summed E-state index contributed by atoms with van der Waals surface area (Å²) in [6.45, 7) is 2.84. The zero-order valence-electron chi connectivity index (χ0n) is 12.4. The molecule has 2 aromatic carbocycles. The van der Waals surface area contributed by atoms with E-state index in [0.717, 1.165) is 18.7 Å². The average molecular weight is 313 g/mol. The summed E-state index contributed by atoms with van der Waals surface area (Å²) in [7, 11) is 0. The fourth-order valence-electron chi connectivity index (χ4n) is 2.08. The maximum atomic E-state index is 11.0. The maximum absolute atomic E-state index is 11.0. The molecule has 4 nitrogen and oxygen atoms in total. The van der Waals surface area contributed by atoms with Crippen LogP contribution >= 0.6 is 12.2 Å². The molecule has 2 rings (SSSR count). The summed E-state index contributed by atoms with van der Waals surface area (Å²) < 4.78 is 0. The molecule has 0 radical (unpaired) electrons. The molecule has 114 valence electrons. The minimum Gasteiger partial charge on any atom is -0.366 e. The van der Waals surface area contributed by atoms with Crippen molar-refractivity contribution >= 4 is 28.9 Å². The number of hydrogen-bond acceptors (Lipinski definition) is 2. The van der Waals surface area contributed by atoms with E-state index >= 15 is 0 Å². The minimum atomic E-state index is -0.439. The zero-order chi connectivity index (χ0) is 15.9. The predicted molar refractivity (Wildman–Crippen MR) is 94.1 cm³/mol. The number of aryl methyl sites for hydroxylation is 1. The van der Waals surface area contributed by atoms with Crippen molar-refractivity contribution in [1.29, 1.82) is 0 Å². The Morgan fingerprint density at radius 2 is 1.91 bits per heavy atom. The van der Waals surface area contributed by atoms with Gasteiger partial charge in [0, 0.05) is 17.8 Å². The summed E-state index contributed by atoms with van der Waals surface area (Å²) in [6, 6.07) is 15.3. The normalized spacial score (nSPS) is 10.0. The van der Waals surface area contributed by atoms with E-state index in [1.165, 1.54) is 11.1 Å². The summed E-state index contributed by atoms with van der Waals surface area (Å²) in [6.07, 6.45) is 0.907. The number of thiocarbonyl (C=S) groups is 1. The molecule has 4 N–H and O–H groups in total. The van der Waals surface area contributed by atoms with Crippen LogP contribution in [0.3, 0.4) is 0 Å². The lowest BCUT2D eigenvalue weighted by atomic mass is 10.1. The van der Waals surface area contributed by atoms with E-state index in [2.05, 4.69) is 41.8 Å². The Balaban J connectivity index is 1.79. The van der Waals surface area contributed by atoms with Gasteiger partial charge in [-0.05, 0) is 55.4 Å². The molecule has 0 atom stereocenters. The molecular formula is C17H19N3OS. The van der Waals surface area contributed by atoms with Gasteiger partial charge in [0.1, 0.15) is 0 Å². The van der Waals surface area contributed by atoms with Crippen molar-refractivity contribution in [2.75, 3.05) is 11.9 Å². The molecule has 0 bridgehead atoms. The van der Waals surface area contributed by atoms with Gasteiger partial charge in [0.15, 0.2) is 5.11 Å². The second-order valence-electron chi connectivity index (χ2n) is 5.06. The molecule has 0 aromatic heterocycles. The number of anilines is 1. The van der Waals surface area contributed by atoms with Crippen LogP contribution in [-0.2, 0) is 6.42 Å². The van der Waals surface area contributed by atoms with Crippen LogP contribution in [0.1, 0.15) is 21.5 Å². The van der Waals surface area contributed by atoms with Gasteiger partial charge in [-0.1, -0.05) is 29.8 Å². The molecule has 1 amide bonds. The minimum absolute atomic E-state index is 0.439. The van der Waals surface area contributed by atoms with Gasteiger partial charge in [-0.2, -0.15) is 0 Å². The van der Waals surface area contributed by atoms with E-state index in [1.807, 2.05) is 0 Å². The van der Waals surface area contributed by atoms with Crippen LogP contribution in [0, 0.1) is 6.92 Å². The van der Waals surface area contributed by atoms with Gasteiger partial charge < -0.3 is 16.4 Å². The van der Waals surface area contributed by atoms with E-state index in [-0.39, 0.29) is 0 Å². The fourth-order valence-corrected chi connectivity index (χ4v) is 2.30. The lowest BCUT2D eigenvalue weighted by molar-refractivity contribution is 0.100. The van der Waals surface area contributed by atoms with E-state index in [1.54, 1.807) is 24.3 Å². The Kier molecular flexibility index (Phi) is 5.49. The molecule has 0 aliphatic rings. The topological polar surface area (TPSA) is 67.2 Å². The lowest BCUT2D eigenvalue weighted by Gasteiger charge is -2.11. The number of hydrogen-bond donors (Lipinski definition) is 3. The third-order valence-corrected chi connectivity index (χ3v) is 3.46. The van der Waals surface area contributed by atoms with Crippen LogP contribution in [0.15, 0.2) is 48.5 Å². The summed E-state index contributed by atoms with van der Waals surface area (Å²) in [5.74, 6) is -0.439. The van der Waals surface area contributed by atoms with Gasteiger partial charge in [0.25, 0.3) is 0 Å². The van der Waals surface area contributed by atoms with Crippen LogP contribution in [0.25, 0.3) is 0 Å². The maximum Gasteiger partial charge on any atom is 0.248 e. The molecule has 0 unspecified atom stereocenters. The van der Waals surface area contributed by atoms with E-state index in [4.69, 9.17) is 18.0 Å². The predicted octanol–water partition coefficient (Wildman–Crippen LogP) is 2.62. The molecule has 2 aromatic rings. The lowest BCUT2D eigenvalue weighted by Crippen LogP contribution is -2.30. The SMILES string of the molecule is Cc1cccc(CCNC(=S)Nc2ccc(C(N)=O)cc2)c1. The number of benzene rings is 2. The van der Waals surface area contributed by atoms with Crippen molar-refractivity contribution < 1.29 is 4.79 Å². The van der Waals surface area contributed by atoms with Crippen LogP contribution in [-0.4, -0.2) is 17.6 Å². The highest BCUT2D eigenvalue weighted by atomic mass is 32.1. The first-order chi connectivity index (χ1) is 10.5. The number of carbonyl (C=O) groups excluding carboxylic acids is 1. The first-order valence-corrected chi connectivity index (χ1v) is 7.46. The van der Waals surface area contributed by atoms with Gasteiger partial charge in [-0.25, -0.2) is 0 Å². The van der Waals surface area contributed by atoms with Crippen LogP contribution in [0.4, 0.5) is 5.69 Å². The molecule has 0 aliphatic carbocycles. The highest BCUT2D eigenvalue weighted by Gasteiger charge is 2.01. The number of amides is 1. The molecular weight excluding hydrogens is 294 g/mol. The molecule has 0 fully saturated rings. The summed E-state index contributed by atoms with van der Waals surface area (Å²) in [4.78, 5) is 11.0. The van der Waals surface area contributed by atoms with Gasteiger partial charge in [0.2, 0.25) is 5.91 Å². The zero-order valence-corrected chi connectivity index (χ0v) is 13.2. The quantitative estimate of drug-likeness (QED) is 0.742. The number of carbonyl (C=O) groups is 1. The first-order valence-electron chi connectivity index (χ1n) is 7.05. The van der Waals surface area contributed by atoms with Crippen LogP contribution in [0.5, 0.6) is 0 Å². The molecule has 0 heterocycles. The summed E-state index contributed by atoms with van der Waals surface area (Å²) in [5.41, 5.74) is 9.03. The van der Waals surface area contributed by atoms with Crippen LogP contribution in [0.2, 0.25) is 0 Å². The van der Waals surface area contributed by atoms with Crippen molar-refractivity contribution in [3.8, 4) is 0 Å². The molecule has 0 saturated heterocycles. The molecule has 0 spiro atoms. The van der Waals surface area contributed by atoms with Gasteiger partial charge in [0.05, 0.1) is 0 Å². The second-order valence-corrected chi connectivity index (χ2v) is 5.47. The first kappa shape index (κ1) is 16.0. The van der Waals surface area contributed by atoms with Crippen molar-refractivity contribution in [3.63, 3.8) is 0 Å². The molecule has 0 aliphatic heterocycles. The number of rotatable bonds is 5. The van der Waals surface area contributed by atoms with Crippen molar-refractivity contribution in [2.24, 2.45) is 5.73 Å². The smallest absolute Gasteiger partial charge is 0.248 e. The van der Waals surface area contributed by atoms with Crippen molar-refractivity contribution in [3.05, 3.63) is 65.2 Å². The Bertz CT molecular complexity index is 668. The fraction of sp³-hybridized carbons (Fsp3) is 0.176. The summed E-state index contributed by atoms with van der Waals surface area (Å²) in [5, 5.41) is 6.79. The number of primary amides is 1. The Hall–Kier alpha value is -2.40. The van der Waals surface area contributed by atoms with Gasteiger partial charge in [-0.15, -0.1) is 0 Å². The highest BCUT2D eigenvalue weighted by molar-refractivity contribution is 7.80. The van der Waals surface area contributed by atoms with Gasteiger partial charge >= 0.3 is 0 Å². The third-order valence-electron chi connectivity index (χ3n) is 3.21.